The Bertz CT molecular complexity index is 790. The minimum absolute atomic E-state index is 0.173. The first-order valence-electron chi connectivity index (χ1n) is 9.81. The van der Waals surface area contributed by atoms with Crippen molar-refractivity contribution in [1.82, 2.24) is 4.98 Å². The molecule has 1 N–H and O–H groups in total. The zero-order valence-corrected chi connectivity index (χ0v) is 19.0. The second-order valence-corrected chi connectivity index (χ2v) is 10.3. The predicted molar refractivity (Wildman–Crippen MR) is 115 cm³/mol. The van der Waals surface area contributed by atoms with E-state index in [2.05, 4.69) is 46.5 Å². The lowest BCUT2D eigenvalue weighted by Crippen LogP contribution is -2.18. The van der Waals surface area contributed by atoms with E-state index in [4.69, 9.17) is 4.74 Å². The number of phenolic OH excluding ortho intramolecular Hbond substituents is 1. The van der Waals surface area contributed by atoms with Crippen LogP contribution in [0.25, 0.3) is 0 Å². The van der Waals surface area contributed by atoms with Gasteiger partial charge < -0.3 is 9.84 Å². The number of carbonyl (C=O) groups excluding carboxylic acids is 1. The molecule has 0 aliphatic rings. The lowest BCUT2D eigenvalue weighted by atomic mass is 9.78. The largest absolute Gasteiger partial charge is 0.507 e. The Morgan fingerprint density at radius 2 is 1.64 bits per heavy atom. The number of ether oxygens (including phenoxy) is 1. The molecule has 0 bridgehead atoms. The molecule has 0 saturated heterocycles. The fraction of sp³-hybridized carbons (Fsp3) is 0.565. The summed E-state index contributed by atoms with van der Waals surface area (Å²) in [6.45, 7) is 14.9. The maximum Gasteiger partial charge on any atom is 0.306 e. The molecule has 0 atom stereocenters. The van der Waals surface area contributed by atoms with E-state index in [9.17, 15) is 9.90 Å². The first-order chi connectivity index (χ1) is 12.9. The monoisotopic (exact) mass is 403 g/mol. The Labute approximate surface area is 173 Å². The van der Waals surface area contributed by atoms with Crippen molar-refractivity contribution in [1.29, 1.82) is 0 Å². The molecule has 0 radical (unpaired) electrons. The van der Waals surface area contributed by atoms with Gasteiger partial charge in [-0.15, -0.1) is 11.3 Å². The highest BCUT2D eigenvalue weighted by molar-refractivity contribution is 7.09. The summed E-state index contributed by atoms with van der Waals surface area (Å²) in [6, 6.07) is 4.05. The number of hydrogen-bond donors (Lipinski definition) is 1. The molecule has 0 aliphatic heterocycles. The molecule has 0 aliphatic carbocycles. The van der Waals surface area contributed by atoms with Crippen LogP contribution in [-0.2, 0) is 33.2 Å². The molecule has 0 spiro atoms. The van der Waals surface area contributed by atoms with Crippen LogP contribution in [0.2, 0.25) is 0 Å². The molecule has 154 valence electrons. The number of benzene rings is 1. The SMILES string of the molecule is Cc1ncsc1CCOC(=O)CCc1cc(C(C)(C)C)c(O)c(C(C)(C)C)c1. The van der Waals surface area contributed by atoms with Crippen molar-refractivity contribution in [2.75, 3.05) is 6.61 Å². The molecule has 2 aromatic rings. The number of aryl methyl sites for hydroxylation is 2. The minimum atomic E-state index is -0.190. The van der Waals surface area contributed by atoms with Gasteiger partial charge in [-0.2, -0.15) is 0 Å². The first kappa shape index (κ1) is 22.4. The number of hydrogen-bond acceptors (Lipinski definition) is 5. The average molecular weight is 404 g/mol. The summed E-state index contributed by atoms with van der Waals surface area (Å²) >= 11 is 1.59. The Hall–Kier alpha value is -1.88. The summed E-state index contributed by atoms with van der Waals surface area (Å²) < 4.78 is 5.40. The van der Waals surface area contributed by atoms with Gasteiger partial charge in [-0.25, -0.2) is 4.98 Å². The molecule has 1 aromatic carbocycles. The Kier molecular flexibility index (Phi) is 6.92. The van der Waals surface area contributed by atoms with Gasteiger partial charge in [-0.1, -0.05) is 53.7 Å². The van der Waals surface area contributed by atoms with Crippen LogP contribution in [0, 0.1) is 6.92 Å². The molecule has 0 unspecified atom stereocenters. The van der Waals surface area contributed by atoms with E-state index >= 15 is 0 Å². The van der Waals surface area contributed by atoms with Gasteiger partial charge in [-0.3, -0.25) is 4.79 Å². The van der Waals surface area contributed by atoms with Crippen LogP contribution < -0.4 is 0 Å². The number of rotatable bonds is 6. The number of carbonyl (C=O) groups is 1. The van der Waals surface area contributed by atoms with E-state index < -0.39 is 0 Å². The average Bonchev–Trinajstić information content (AvgIpc) is 2.97. The van der Waals surface area contributed by atoms with Gasteiger partial charge >= 0.3 is 5.97 Å². The van der Waals surface area contributed by atoms with Crippen molar-refractivity contribution >= 4 is 17.3 Å². The molecule has 2 rings (SSSR count). The van der Waals surface area contributed by atoms with E-state index in [-0.39, 0.29) is 16.8 Å². The lowest BCUT2D eigenvalue weighted by Gasteiger charge is -2.28. The molecule has 0 saturated carbocycles. The molecule has 28 heavy (non-hydrogen) atoms. The first-order valence-corrected chi connectivity index (χ1v) is 10.7. The second-order valence-electron chi connectivity index (χ2n) is 9.37. The fourth-order valence-electron chi connectivity index (χ4n) is 3.12. The summed E-state index contributed by atoms with van der Waals surface area (Å²) in [5.41, 5.74) is 5.38. The van der Waals surface area contributed by atoms with Crippen LogP contribution in [-0.4, -0.2) is 22.7 Å². The van der Waals surface area contributed by atoms with Crippen LogP contribution in [0.5, 0.6) is 5.75 Å². The van der Waals surface area contributed by atoms with Gasteiger partial charge in [-0.05, 0) is 40.9 Å². The molecular weight excluding hydrogens is 370 g/mol. The topological polar surface area (TPSA) is 59.4 Å². The second kappa shape index (κ2) is 8.64. The fourth-order valence-corrected chi connectivity index (χ4v) is 3.89. The Morgan fingerprint density at radius 1 is 1.07 bits per heavy atom. The van der Waals surface area contributed by atoms with Gasteiger partial charge in [0.1, 0.15) is 5.75 Å². The number of nitrogens with zero attached hydrogens (tertiary/aromatic N) is 1. The molecule has 4 nitrogen and oxygen atoms in total. The van der Waals surface area contributed by atoms with Crippen LogP contribution in [0.1, 0.15) is 75.2 Å². The van der Waals surface area contributed by atoms with Crippen molar-refractivity contribution < 1.29 is 14.6 Å². The highest BCUT2D eigenvalue weighted by atomic mass is 32.1. The van der Waals surface area contributed by atoms with Crippen LogP contribution in [0.15, 0.2) is 17.6 Å². The molecule has 0 fully saturated rings. The highest BCUT2D eigenvalue weighted by Gasteiger charge is 2.26. The molecule has 0 amide bonds. The van der Waals surface area contributed by atoms with Gasteiger partial charge in [0.25, 0.3) is 0 Å². The van der Waals surface area contributed by atoms with E-state index in [1.54, 1.807) is 11.3 Å². The third-order valence-corrected chi connectivity index (χ3v) is 5.84. The predicted octanol–water partition coefficient (Wildman–Crippen LogP) is 5.47. The minimum Gasteiger partial charge on any atom is -0.507 e. The zero-order valence-electron chi connectivity index (χ0n) is 18.2. The lowest BCUT2D eigenvalue weighted by molar-refractivity contribution is -0.143. The molecule has 1 heterocycles. The maximum absolute atomic E-state index is 12.2. The van der Waals surface area contributed by atoms with E-state index in [1.165, 1.54) is 0 Å². The third-order valence-electron chi connectivity index (χ3n) is 4.84. The molecular formula is C23H33NO3S. The van der Waals surface area contributed by atoms with Gasteiger partial charge in [0.15, 0.2) is 0 Å². The number of esters is 1. The van der Waals surface area contributed by atoms with Crippen molar-refractivity contribution in [2.24, 2.45) is 0 Å². The summed E-state index contributed by atoms with van der Waals surface area (Å²) in [5.74, 6) is 0.177. The zero-order chi connectivity index (χ0) is 21.1. The van der Waals surface area contributed by atoms with Crippen LogP contribution in [0.4, 0.5) is 0 Å². The highest BCUT2D eigenvalue weighted by Crippen LogP contribution is 2.40. The quantitative estimate of drug-likeness (QED) is 0.650. The van der Waals surface area contributed by atoms with E-state index in [0.29, 0.717) is 31.6 Å². The summed E-state index contributed by atoms with van der Waals surface area (Å²) in [7, 11) is 0. The number of thiazole rings is 1. The molecule has 5 heteroatoms. The number of aromatic nitrogens is 1. The van der Waals surface area contributed by atoms with Crippen molar-refractivity contribution in [2.45, 2.75) is 78.6 Å². The number of phenols is 1. The van der Waals surface area contributed by atoms with Crippen molar-refractivity contribution in [3.63, 3.8) is 0 Å². The summed E-state index contributed by atoms with van der Waals surface area (Å²) in [4.78, 5) is 17.6. The van der Waals surface area contributed by atoms with Crippen LogP contribution >= 0.6 is 11.3 Å². The summed E-state index contributed by atoms with van der Waals surface area (Å²) in [6.07, 6.45) is 1.65. The normalized spacial score (nSPS) is 12.2. The van der Waals surface area contributed by atoms with E-state index in [0.717, 1.165) is 27.3 Å². The molecule has 1 aromatic heterocycles. The third kappa shape index (κ3) is 5.81. The van der Waals surface area contributed by atoms with Crippen molar-refractivity contribution in [3.05, 3.63) is 44.9 Å². The van der Waals surface area contributed by atoms with Gasteiger partial charge in [0.2, 0.25) is 0 Å². The van der Waals surface area contributed by atoms with Crippen LogP contribution in [0.3, 0.4) is 0 Å². The maximum atomic E-state index is 12.2. The van der Waals surface area contributed by atoms with E-state index in [1.807, 2.05) is 24.6 Å². The Balaban J connectivity index is 2.04. The smallest absolute Gasteiger partial charge is 0.306 e. The van der Waals surface area contributed by atoms with Gasteiger partial charge in [0.05, 0.1) is 17.8 Å². The van der Waals surface area contributed by atoms with Gasteiger partial charge in [0, 0.05) is 17.7 Å². The van der Waals surface area contributed by atoms with Crippen molar-refractivity contribution in [3.8, 4) is 5.75 Å². The Morgan fingerprint density at radius 3 is 2.11 bits per heavy atom. The number of aromatic hydroxyl groups is 1. The standard InChI is InChI=1S/C23H33NO3S/c1-15-19(28-14-24-15)10-11-27-20(25)9-8-16-12-17(22(2,3)4)21(26)18(13-16)23(5,6)7/h12-14,26H,8-11H2,1-7H3. The summed E-state index contributed by atoms with van der Waals surface area (Å²) in [5, 5.41) is 10.8.